The lowest BCUT2D eigenvalue weighted by Gasteiger charge is -2.13. The molecule has 0 saturated carbocycles. The molecule has 0 saturated heterocycles. The van der Waals surface area contributed by atoms with Crippen LogP contribution in [0, 0.1) is 11.6 Å². The number of phenolic OH excluding ortho intramolecular Hbond substituents is 1. The molecule has 2 rings (SSSR count). The van der Waals surface area contributed by atoms with Gasteiger partial charge in [0.15, 0.2) is 11.6 Å². The summed E-state index contributed by atoms with van der Waals surface area (Å²) in [4.78, 5) is 0. The van der Waals surface area contributed by atoms with E-state index < -0.39 is 11.6 Å². The first-order valence-electron chi connectivity index (χ1n) is 6.03. The number of methoxy groups -OCH3 is 1. The SMILES string of the molecule is COc1cc(-c2cc(O)c(C(C)C)c(F)c2F)cnn1. The summed E-state index contributed by atoms with van der Waals surface area (Å²) in [5.74, 6) is -2.52. The Morgan fingerprint density at radius 1 is 1.20 bits per heavy atom. The molecule has 2 aromatic rings. The molecule has 0 radical (unpaired) electrons. The van der Waals surface area contributed by atoms with Crippen molar-refractivity contribution < 1.29 is 18.6 Å². The lowest BCUT2D eigenvalue weighted by molar-refractivity contribution is 0.392. The summed E-state index contributed by atoms with van der Waals surface area (Å²) in [6.45, 7) is 3.35. The third kappa shape index (κ3) is 2.41. The Bertz CT molecular complexity index is 645. The monoisotopic (exact) mass is 280 g/mol. The Morgan fingerprint density at radius 3 is 2.50 bits per heavy atom. The quantitative estimate of drug-likeness (QED) is 0.937. The van der Waals surface area contributed by atoms with Gasteiger partial charge >= 0.3 is 0 Å². The molecule has 0 aliphatic carbocycles. The van der Waals surface area contributed by atoms with Gasteiger partial charge in [-0.3, -0.25) is 0 Å². The van der Waals surface area contributed by atoms with Crippen LogP contribution >= 0.6 is 0 Å². The van der Waals surface area contributed by atoms with Crippen molar-refractivity contribution in [3.05, 3.63) is 35.5 Å². The van der Waals surface area contributed by atoms with Crippen molar-refractivity contribution in [2.24, 2.45) is 0 Å². The molecule has 0 aliphatic heterocycles. The van der Waals surface area contributed by atoms with Crippen LogP contribution in [0.4, 0.5) is 8.78 Å². The standard InChI is InChI=1S/C14H14F2N2O2/c1-7(2)12-10(19)5-9(13(15)14(12)16)8-4-11(20-3)18-17-6-8/h4-7,19H,1-3H3. The van der Waals surface area contributed by atoms with Gasteiger partial charge in [-0.1, -0.05) is 13.8 Å². The zero-order valence-corrected chi connectivity index (χ0v) is 11.3. The summed E-state index contributed by atoms with van der Waals surface area (Å²) in [5, 5.41) is 17.2. The van der Waals surface area contributed by atoms with E-state index in [9.17, 15) is 13.9 Å². The molecule has 1 heterocycles. The molecule has 1 N–H and O–H groups in total. The summed E-state index contributed by atoms with van der Waals surface area (Å²) in [5.41, 5.74) is 0.150. The predicted molar refractivity (Wildman–Crippen MR) is 69.7 cm³/mol. The van der Waals surface area contributed by atoms with Crippen LogP contribution in [0.5, 0.6) is 11.6 Å². The van der Waals surface area contributed by atoms with Gasteiger partial charge in [-0.2, -0.15) is 5.10 Å². The maximum atomic E-state index is 14.1. The second-order valence-electron chi connectivity index (χ2n) is 4.63. The van der Waals surface area contributed by atoms with Crippen molar-refractivity contribution in [2.45, 2.75) is 19.8 Å². The molecule has 0 unspecified atom stereocenters. The predicted octanol–water partition coefficient (Wildman–Crippen LogP) is 3.26. The summed E-state index contributed by atoms with van der Waals surface area (Å²) >= 11 is 0. The van der Waals surface area contributed by atoms with Crippen LogP contribution in [0.2, 0.25) is 0 Å². The van der Waals surface area contributed by atoms with Crippen molar-refractivity contribution in [1.29, 1.82) is 0 Å². The molecular formula is C14H14F2N2O2. The number of hydrogen-bond acceptors (Lipinski definition) is 4. The van der Waals surface area contributed by atoms with Crippen molar-refractivity contribution in [2.75, 3.05) is 7.11 Å². The van der Waals surface area contributed by atoms with Gasteiger partial charge in [-0.05, 0) is 12.0 Å². The van der Waals surface area contributed by atoms with Gasteiger partial charge < -0.3 is 9.84 Å². The van der Waals surface area contributed by atoms with E-state index in [2.05, 4.69) is 10.2 Å². The number of benzene rings is 1. The fraction of sp³-hybridized carbons (Fsp3) is 0.286. The number of nitrogens with zero attached hydrogens (tertiary/aromatic N) is 2. The number of halogens is 2. The Labute approximate surface area is 115 Å². The molecule has 0 spiro atoms. The van der Waals surface area contributed by atoms with E-state index in [1.807, 2.05) is 0 Å². The van der Waals surface area contributed by atoms with Gasteiger partial charge in [0.05, 0.1) is 13.3 Å². The fourth-order valence-corrected chi connectivity index (χ4v) is 1.98. The highest BCUT2D eigenvalue weighted by molar-refractivity contribution is 5.67. The minimum absolute atomic E-state index is 0.0415. The van der Waals surface area contributed by atoms with E-state index in [1.165, 1.54) is 25.4 Å². The number of phenols is 1. The van der Waals surface area contributed by atoms with Crippen molar-refractivity contribution in [3.63, 3.8) is 0 Å². The van der Waals surface area contributed by atoms with Crippen molar-refractivity contribution >= 4 is 0 Å². The number of rotatable bonds is 3. The Hall–Kier alpha value is -2.24. The zero-order chi connectivity index (χ0) is 14.9. The van der Waals surface area contributed by atoms with E-state index in [4.69, 9.17) is 4.74 Å². The highest BCUT2D eigenvalue weighted by Crippen LogP contribution is 2.36. The number of aromatic nitrogens is 2. The van der Waals surface area contributed by atoms with Gasteiger partial charge in [-0.15, -0.1) is 5.10 Å². The zero-order valence-electron chi connectivity index (χ0n) is 11.3. The second-order valence-corrected chi connectivity index (χ2v) is 4.63. The van der Waals surface area contributed by atoms with Crippen LogP contribution in [0.25, 0.3) is 11.1 Å². The van der Waals surface area contributed by atoms with Crippen LogP contribution in [-0.4, -0.2) is 22.4 Å². The fourth-order valence-electron chi connectivity index (χ4n) is 1.98. The molecular weight excluding hydrogens is 266 g/mol. The third-order valence-corrected chi connectivity index (χ3v) is 2.95. The average Bonchev–Trinajstić information content (AvgIpc) is 2.42. The van der Waals surface area contributed by atoms with Gasteiger partial charge in [0.2, 0.25) is 5.88 Å². The van der Waals surface area contributed by atoms with Crippen LogP contribution in [0.1, 0.15) is 25.3 Å². The van der Waals surface area contributed by atoms with Crippen molar-refractivity contribution in [1.82, 2.24) is 10.2 Å². The first kappa shape index (κ1) is 14.2. The van der Waals surface area contributed by atoms with E-state index in [0.29, 0.717) is 0 Å². The molecule has 0 bridgehead atoms. The van der Waals surface area contributed by atoms with E-state index >= 15 is 0 Å². The summed E-state index contributed by atoms with van der Waals surface area (Å²) in [6.07, 6.45) is 1.27. The Balaban J connectivity index is 2.64. The molecule has 4 nitrogen and oxygen atoms in total. The summed E-state index contributed by atoms with van der Waals surface area (Å²) in [7, 11) is 1.39. The smallest absolute Gasteiger partial charge is 0.233 e. The van der Waals surface area contributed by atoms with E-state index in [1.54, 1.807) is 13.8 Å². The van der Waals surface area contributed by atoms with Crippen LogP contribution in [0.3, 0.4) is 0 Å². The second kappa shape index (κ2) is 5.40. The maximum Gasteiger partial charge on any atom is 0.233 e. The molecule has 20 heavy (non-hydrogen) atoms. The summed E-state index contributed by atoms with van der Waals surface area (Å²) in [6, 6.07) is 2.60. The van der Waals surface area contributed by atoms with Crippen LogP contribution < -0.4 is 4.74 Å². The van der Waals surface area contributed by atoms with Gasteiger partial charge in [-0.25, -0.2) is 8.78 Å². The number of aromatic hydroxyl groups is 1. The van der Waals surface area contributed by atoms with E-state index in [-0.39, 0.29) is 34.2 Å². The molecule has 106 valence electrons. The largest absolute Gasteiger partial charge is 0.508 e. The average molecular weight is 280 g/mol. The minimum Gasteiger partial charge on any atom is -0.508 e. The molecule has 6 heteroatoms. The molecule has 0 aliphatic rings. The number of ether oxygens (including phenoxy) is 1. The lowest BCUT2D eigenvalue weighted by Crippen LogP contribution is -2.00. The maximum absolute atomic E-state index is 14.1. The Kier molecular flexibility index (Phi) is 3.83. The normalized spacial score (nSPS) is 10.9. The first-order chi connectivity index (χ1) is 9.45. The molecule has 0 atom stereocenters. The highest BCUT2D eigenvalue weighted by atomic mass is 19.2. The van der Waals surface area contributed by atoms with Crippen LogP contribution in [0.15, 0.2) is 18.3 Å². The molecule has 1 aromatic carbocycles. The summed E-state index contributed by atoms with van der Waals surface area (Å²) < 4.78 is 33.1. The molecule has 0 amide bonds. The van der Waals surface area contributed by atoms with Gasteiger partial charge in [0, 0.05) is 22.8 Å². The lowest BCUT2D eigenvalue weighted by atomic mass is 9.97. The van der Waals surface area contributed by atoms with Crippen LogP contribution in [-0.2, 0) is 0 Å². The minimum atomic E-state index is -1.05. The highest BCUT2D eigenvalue weighted by Gasteiger charge is 2.21. The Morgan fingerprint density at radius 2 is 1.90 bits per heavy atom. The van der Waals surface area contributed by atoms with E-state index in [0.717, 1.165) is 0 Å². The van der Waals surface area contributed by atoms with Crippen molar-refractivity contribution in [3.8, 4) is 22.8 Å². The number of hydrogen-bond donors (Lipinski definition) is 1. The first-order valence-corrected chi connectivity index (χ1v) is 6.03. The van der Waals surface area contributed by atoms with Gasteiger partial charge in [0.25, 0.3) is 0 Å². The third-order valence-electron chi connectivity index (χ3n) is 2.95. The molecule has 0 fully saturated rings. The topological polar surface area (TPSA) is 55.2 Å². The molecule has 1 aromatic heterocycles. The van der Waals surface area contributed by atoms with Gasteiger partial charge in [0.1, 0.15) is 5.75 Å².